The molecule has 1 aliphatic heterocycles. The number of ether oxygens (including phenoxy) is 1. The summed E-state index contributed by atoms with van der Waals surface area (Å²) in [6.07, 6.45) is 2.05. The molecule has 124 valence electrons. The molecule has 1 fully saturated rings. The second-order valence-electron chi connectivity index (χ2n) is 6.21. The van der Waals surface area contributed by atoms with E-state index in [1.54, 1.807) is 4.57 Å². The second kappa shape index (κ2) is 6.07. The molecule has 0 radical (unpaired) electrons. The molecule has 0 saturated carbocycles. The Bertz CT molecular complexity index is 955. The summed E-state index contributed by atoms with van der Waals surface area (Å²) >= 11 is 6.13. The van der Waals surface area contributed by atoms with Crippen LogP contribution in [0.25, 0.3) is 22.4 Å². The Balaban J connectivity index is 1.93. The summed E-state index contributed by atoms with van der Waals surface area (Å²) in [4.78, 5) is 20.9. The van der Waals surface area contributed by atoms with Crippen LogP contribution in [0.15, 0.2) is 35.1 Å². The van der Waals surface area contributed by atoms with E-state index in [1.807, 2.05) is 37.3 Å². The lowest BCUT2D eigenvalue weighted by Gasteiger charge is -2.16. The van der Waals surface area contributed by atoms with Gasteiger partial charge in [0, 0.05) is 22.9 Å². The fraction of sp³-hybridized carbons (Fsp3) is 0.333. The zero-order chi connectivity index (χ0) is 16.7. The predicted octanol–water partition coefficient (Wildman–Crippen LogP) is 3.53. The largest absolute Gasteiger partial charge is 0.376 e. The molecule has 24 heavy (non-hydrogen) atoms. The van der Waals surface area contributed by atoms with Crippen molar-refractivity contribution in [1.29, 1.82) is 0 Å². The van der Waals surface area contributed by atoms with Crippen molar-refractivity contribution < 1.29 is 4.74 Å². The van der Waals surface area contributed by atoms with E-state index < -0.39 is 0 Å². The lowest BCUT2D eigenvalue weighted by atomic mass is 10.2. The Hall–Kier alpha value is -2.11. The molecule has 0 aliphatic carbocycles. The number of hydrogen-bond acceptors (Lipinski definition) is 3. The van der Waals surface area contributed by atoms with Crippen molar-refractivity contribution in [2.45, 2.75) is 32.4 Å². The smallest absolute Gasteiger partial charge is 0.263 e. The normalized spacial score (nSPS) is 17.7. The highest BCUT2D eigenvalue weighted by Crippen LogP contribution is 2.24. The van der Waals surface area contributed by atoms with Gasteiger partial charge in [-0.1, -0.05) is 23.7 Å². The topological polar surface area (TPSA) is 59.9 Å². The van der Waals surface area contributed by atoms with Gasteiger partial charge < -0.3 is 9.72 Å². The van der Waals surface area contributed by atoms with E-state index in [-0.39, 0.29) is 11.7 Å². The standard InChI is InChI=1S/C18H18ClN3O2/c1-11-8-15-16(20-11)21-17(12-4-2-5-13(19)9-12)22(18(15)23)10-14-6-3-7-24-14/h2,4-5,8-9,14,20H,3,6-7,10H2,1H3. The number of fused-ring (bicyclic) bond motifs is 1. The molecule has 0 spiro atoms. The zero-order valence-corrected chi connectivity index (χ0v) is 14.1. The average molecular weight is 344 g/mol. The van der Waals surface area contributed by atoms with Gasteiger partial charge in [-0.25, -0.2) is 4.98 Å². The van der Waals surface area contributed by atoms with Crippen LogP contribution in [0.4, 0.5) is 0 Å². The van der Waals surface area contributed by atoms with Crippen molar-refractivity contribution in [2.75, 3.05) is 6.61 Å². The molecule has 1 aliphatic rings. The van der Waals surface area contributed by atoms with Crippen molar-refractivity contribution in [3.8, 4) is 11.4 Å². The van der Waals surface area contributed by atoms with Gasteiger partial charge in [-0.2, -0.15) is 0 Å². The highest BCUT2D eigenvalue weighted by molar-refractivity contribution is 6.30. The zero-order valence-electron chi connectivity index (χ0n) is 13.4. The van der Waals surface area contributed by atoms with E-state index >= 15 is 0 Å². The Morgan fingerprint density at radius 3 is 3.04 bits per heavy atom. The first-order chi connectivity index (χ1) is 11.6. The number of aromatic nitrogens is 3. The highest BCUT2D eigenvalue weighted by atomic mass is 35.5. The van der Waals surface area contributed by atoms with Gasteiger partial charge in [0.25, 0.3) is 5.56 Å². The number of benzene rings is 1. The first-order valence-electron chi connectivity index (χ1n) is 8.09. The van der Waals surface area contributed by atoms with E-state index in [9.17, 15) is 4.79 Å². The number of nitrogens with one attached hydrogen (secondary N) is 1. The average Bonchev–Trinajstić information content (AvgIpc) is 3.19. The number of rotatable bonds is 3. The van der Waals surface area contributed by atoms with Gasteiger partial charge in [0.05, 0.1) is 18.0 Å². The Kier molecular flexibility index (Phi) is 3.90. The highest BCUT2D eigenvalue weighted by Gasteiger charge is 2.21. The maximum Gasteiger partial charge on any atom is 0.263 e. The molecule has 4 rings (SSSR count). The molecular weight excluding hydrogens is 326 g/mol. The summed E-state index contributed by atoms with van der Waals surface area (Å²) in [5.74, 6) is 0.618. The molecule has 0 amide bonds. The van der Waals surface area contributed by atoms with Crippen LogP contribution in [-0.4, -0.2) is 27.2 Å². The Morgan fingerprint density at radius 1 is 1.42 bits per heavy atom. The second-order valence-corrected chi connectivity index (χ2v) is 6.65. The SMILES string of the molecule is Cc1cc2c(=O)n(CC3CCCO3)c(-c3cccc(Cl)c3)nc2[nH]1. The summed E-state index contributed by atoms with van der Waals surface area (Å²) in [7, 11) is 0. The first kappa shape index (κ1) is 15.4. The van der Waals surface area contributed by atoms with Gasteiger partial charge in [0.15, 0.2) is 0 Å². The summed E-state index contributed by atoms with van der Waals surface area (Å²) < 4.78 is 7.44. The molecule has 0 bridgehead atoms. The maximum absolute atomic E-state index is 13.0. The Morgan fingerprint density at radius 2 is 2.29 bits per heavy atom. The van der Waals surface area contributed by atoms with Crippen LogP contribution in [-0.2, 0) is 11.3 Å². The van der Waals surface area contributed by atoms with Crippen LogP contribution in [0.3, 0.4) is 0 Å². The van der Waals surface area contributed by atoms with Gasteiger partial charge in [-0.15, -0.1) is 0 Å². The number of nitrogens with zero attached hydrogens (tertiary/aromatic N) is 2. The number of halogens is 1. The third kappa shape index (κ3) is 2.74. The van der Waals surface area contributed by atoms with Crippen molar-refractivity contribution in [2.24, 2.45) is 0 Å². The van der Waals surface area contributed by atoms with E-state index in [4.69, 9.17) is 21.3 Å². The van der Waals surface area contributed by atoms with E-state index in [0.717, 1.165) is 30.7 Å². The summed E-state index contributed by atoms with van der Waals surface area (Å²) in [5, 5.41) is 1.23. The quantitative estimate of drug-likeness (QED) is 0.791. The van der Waals surface area contributed by atoms with Crippen molar-refractivity contribution >= 4 is 22.6 Å². The summed E-state index contributed by atoms with van der Waals surface area (Å²) in [6.45, 7) is 3.18. The molecule has 3 aromatic rings. The van der Waals surface area contributed by atoms with Crippen LogP contribution < -0.4 is 5.56 Å². The van der Waals surface area contributed by atoms with Gasteiger partial charge in [-0.05, 0) is 38.0 Å². The third-order valence-corrected chi connectivity index (χ3v) is 4.61. The monoisotopic (exact) mass is 343 g/mol. The minimum absolute atomic E-state index is 0.0465. The molecule has 6 heteroatoms. The minimum Gasteiger partial charge on any atom is -0.376 e. The number of aromatic amines is 1. The van der Waals surface area contributed by atoms with E-state index in [0.29, 0.717) is 28.4 Å². The van der Waals surface area contributed by atoms with Crippen LogP contribution in [0.2, 0.25) is 5.02 Å². The maximum atomic E-state index is 13.0. The molecule has 1 unspecified atom stereocenters. The van der Waals surface area contributed by atoms with Crippen molar-refractivity contribution in [3.63, 3.8) is 0 Å². The minimum atomic E-state index is -0.0465. The molecule has 1 aromatic carbocycles. The summed E-state index contributed by atoms with van der Waals surface area (Å²) in [6, 6.07) is 9.27. The molecule has 1 N–H and O–H groups in total. The van der Waals surface area contributed by atoms with Gasteiger partial charge in [-0.3, -0.25) is 9.36 Å². The molecule has 1 atom stereocenters. The van der Waals surface area contributed by atoms with E-state index in [1.165, 1.54) is 0 Å². The van der Waals surface area contributed by atoms with Crippen LogP contribution in [0, 0.1) is 6.92 Å². The van der Waals surface area contributed by atoms with Gasteiger partial charge in [0.2, 0.25) is 0 Å². The van der Waals surface area contributed by atoms with Crippen LogP contribution in [0.5, 0.6) is 0 Å². The predicted molar refractivity (Wildman–Crippen MR) is 94.5 cm³/mol. The fourth-order valence-electron chi connectivity index (χ4n) is 3.24. The Labute approximate surface area is 144 Å². The molecule has 5 nitrogen and oxygen atoms in total. The molecule has 1 saturated heterocycles. The molecule has 3 heterocycles. The molecular formula is C18H18ClN3O2. The number of aryl methyl sites for hydroxylation is 1. The first-order valence-corrected chi connectivity index (χ1v) is 8.47. The number of H-pyrrole nitrogens is 1. The third-order valence-electron chi connectivity index (χ3n) is 4.37. The van der Waals surface area contributed by atoms with Crippen molar-refractivity contribution in [1.82, 2.24) is 14.5 Å². The summed E-state index contributed by atoms with van der Waals surface area (Å²) in [5.41, 5.74) is 2.30. The van der Waals surface area contributed by atoms with E-state index in [2.05, 4.69) is 4.98 Å². The van der Waals surface area contributed by atoms with Gasteiger partial charge >= 0.3 is 0 Å². The molecule has 2 aromatic heterocycles. The number of hydrogen-bond donors (Lipinski definition) is 1. The lowest BCUT2D eigenvalue weighted by Crippen LogP contribution is -2.28. The van der Waals surface area contributed by atoms with Crippen molar-refractivity contribution in [3.05, 3.63) is 51.4 Å². The van der Waals surface area contributed by atoms with Crippen LogP contribution in [0.1, 0.15) is 18.5 Å². The lowest BCUT2D eigenvalue weighted by molar-refractivity contribution is 0.0965. The fourth-order valence-corrected chi connectivity index (χ4v) is 3.43. The van der Waals surface area contributed by atoms with Gasteiger partial charge in [0.1, 0.15) is 11.5 Å². The van der Waals surface area contributed by atoms with Crippen LogP contribution >= 0.6 is 11.6 Å².